The molecule has 1 saturated heterocycles. The highest BCUT2D eigenvalue weighted by Gasteiger charge is 2.19. The summed E-state index contributed by atoms with van der Waals surface area (Å²) < 4.78 is 46.9. The quantitative estimate of drug-likeness (QED) is 0.651. The van der Waals surface area contributed by atoms with Gasteiger partial charge in [-0.05, 0) is 25.1 Å². The Bertz CT molecular complexity index is 1070. The molecular weight excluding hydrogens is 424 g/mol. The predicted octanol–water partition coefficient (Wildman–Crippen LogP) is 2.26. The number of nitrogens with zero attached hydrogens (tertiary/aromatic N) is 4. The lowest BCUT2D eigenvalue weighted by Crippen LogP contribution is -2.37. The highest BCUT2D eigenvalue weighted by Crippen LogP contribution is 2.20. The maximum atomic E-state index is 12.9. The Kier molecular flexibility index (Phi) is 6.23. The Morgan fingerprint density at radius 3 is 2.43 bits per heavy atom. The first kappa shape index (κ1) is 21.0. The van der Waals surface area contributed by atoms with Gasteiger partial charge in [-0.2, -0.15) is 8.42 Å². The van der Waals surface area contributed by atoms with Gasteiger partial charge in [0.25, 0.3) is 10.0 Å². The SMILES string of the molecule is Cc1ccc(S(=O)(=O)N=S(C)(=O)Cc2cc(Cl)nc(N3CCOCC3)n2)cc1. The van der Waals surface area contributed by atoms with Crippen LogP contribution < -0.4 is 4.90 Å². The van der Waals surface area contributed by atoms with Crippen molar-refractivity contribution in [3.63, 3.8) is 0 Å². The zero-order valence-electron chi connectivity index (χ0n) is 15.5. The molecule has 0 aliphatic carbocycles. The van der Waals surface area contributed by atoms with Crippen LogP contribution >= 0.6 is 11.6 Å². The zero-order chi connectivity index (χ0) is 20.4. The average Bonchev–Trinajstić information content (AvgIpc) is 2.61. The highest BCUT2D eigenvalue weighted by molar-refractivity contribution is 8.02. The molecule has 2 aromatic rings. The van der Waals surface area contributed by atoms with E-state index in [-0.39, 0.29) is 15.8 Å². The summed E-state index contributed by atoms with van der Waals surface area (Å²) in [6.45, 7) is 4.20. The molecule has 2 heterocycles. The Morgan fingerprint density at radius 2 is 1.79 bits per heavy atom. The minimum Gasteiger partial charge on any atom is -0.378 e. The molecule has 1 atom stereocenters. The van der Waals surface area contributed by atoms with E-state index < -0.39 is 19.8 Å². The summed E-state index contributed by atoms with van der Waals surface area (Å²) in [6, 6.07) is 7.70. The van der Waals surface area contributed by atoms with E-state index >= 15 is 0 Å². The zero-order valence-corrected chi connectivity index (χ0v) is 17.9. The molecule has 3 rings (SSSR count). The average molecular weight is 445 g/mol. The molecule has 152 valence electrons. The molecule has 1 fully saturated rings. The monoisotopic (exact) mass is 444 g/mol. The lowest BCUT2D eigenvalue weighted by molar-refractivity contribution is 0.122. The summed E-state index contributed by atoms with van der Waals surface area (Å²) in [5.41, 5.74) is 1.29. The van der Waals surface area contributed by atoms with Crippen LogP contribution in [-0.4, -0.2) is 55.2 Å². The van der Waals surface area contributed by atoms with E-state index in [2.05, 4.69) is 13.7 Å². The topological polar surface area (TPSA) is 102 Å². The third kappa shape index (κ3) is 5.40. The molecule has 1 aromatic carbocycles. The van der Waals surface area contributed by atoms with E-state index in [1.807, 2.05) is 11.8 Å². The summed E-state index contributed by atoms with van der Waals surface area (Å²) in [5.74, 6) is 0.250. The first-order chi connectivity index (χ1) is 13.1. The third-order valence-corrected chi connectivity index (χ3v) is 7.96. The Labute approximate surface area is 170 Å². The minimum atomic E-state index is -4.05. The lowest BCUT2D eigenvalue weighted by atomic mass is 10.2. The van der Waals surface area contributed by atoms with E-state index in [0.717, 1.165) is 5.56 Å². The number of hydrogen-bond acceptors (Lipinski definition) is 7. The number of aromatic nitrogens is 2. The maximum absolute atomic E-state index is 12.9. The smallest absolute Gasteiger partial charge is 0.290 e. The second kappa shape index (κ2) is 8.32. The molecule has 0 spiro atoms. The number of sulfonamides is 1. The minimum absolute atomic E-state index is 0.00222. The largest absolute Gasteiger partial charge is 0.378 e. The fourth-order valence-corrected chi connectivity index (χ4v) is 6.29. The molecule has 28 heavy (non-hydrogen) atoms. The molecule has 1 aliphatic rings. The van der Waals surface area contributed by atoms with Gasteiger partial charge in [0.2, 0.25) is 5.95 Å². The second-order valence-corrected chi connectivity index (χ2v) is 11.2. The van der Waals surface area contributed by atoms with Crippen LogP contribution in [0.25, 0.3) is 0 Å². The van der Waals surface area contributed by atoms with Crippen LogP contribution in [0.4, 0.5) is 5.95 Å². The molecule has 0 radical (unpaired) electrons. The molecule has 0 bridgehead atoms. The van der Waals surface area contributed by atoms with E-state index in [0.29, 0.717) is 37.9 Å². The van der Waals surface area contributed by atoms with E-state index in [1.165, 1.54) is 24.5 Å². The van der Waals surface area contributed by atoms with Gasteiger partial charge in [-0.15, -0.1) is 3.77 Å². The summed E-state index contributed by atoms with van der Waals surface area (Å²) in [5, 5.41) is 0.197. The van der Waals surface area contributed by atoms with E-state index in [1.54, 1.807) is 12.1 Å². The van der Waals surface area contributed by atoms with Crippen LogP contribution in [0.3, 0.4) is 0 Å². The number of ether oxygens (including phenoxy) is 1. The Morgan fingerprint density at radius 1 is 1.14 bits per heavy atom. The van der Waals surface area contributed by atoms with E-state index in [9.17, 15) is 12.6 Å². The van der Waals surface area contributed by atoms with Gasteiger partial charge in [-0.3, -0.25) is 0 Å². The van der Waals surface area contributed by atoms with Crippen molar-refractivity contribution in [2.45, 2.75) is 17.6 Å². The van der Waals surface area contributed by atoms with Gasteiger partial charge in [-0.1, -0.05) is 29.3 Å². The lowest BCUT2D eigenvalue weighted by Gasteiger charge is -2.27. The Hall–Kier alpha value is -1.75. The first-order valence-electron chi connectivity index (χ1n) is 8.54. The summed E-state index contributed by atoms with van der Waals surface area (Å²) in [7, 11) is -7.17. The Balaban J connectivity index is 1.89. The van der Waals surface area contributed by atoms with E-state index in [4.69, 9.17) is 16.3 Å². The molecule has 0 saturated carbocycles. The number of aryl methyl sites for hydroxylation is 1. The van der Waals surface area contributed by atoms with Crippen molar-refractivity contribution < 1.29 is 17.4 Å². The van der Waals surface area contributed by atoms with Crippen LogP contribution in [0.5, 0.6) is 0 Å². The molecule has 11 heteroatoms. The van der Waals surface area contributed by atoms with Gasteiger partial charge >= 0.3 is 0 Å². The maximum Gasteiger partial charge on any atom is 0.290 e. The predicted molar refractivity (Wildman–Crippen MR) is 109 cm³/mol. The number of rotatable bonds is 5. The number of anilines is 1. The van der Waals surface area contributed by atoms with Crippen LogP contribution in [0.1, 0.15) is 11.3 Å². The molecule has 0 N–H and O–H groups in total. The molecule has 1 unspecified atom stereocenters. The van der Waals surface area contributed by atoms with Crippen molar-refractivity contribution in [2.75, 3.05) is 37.5 Å². The van der Waals surface area contributed by atoms with Crippen molar-refractivity contribution in [1.82, 2.24) is 9.97 Å². The van der Waals surface area contributed by atoms with Crippen LogP contribution in [0.2, 0.25) is 5.15 Å². The van der Waals surface area contributed by atoms with Gasteiger partial charge in [0, 0.05) is 19.3 Å². The van der Waals surface area contributed by atoms with Crippen molar-refractivity contribution in [1.29, 1.82) is 0 Å². The summed E-state index contributed by atoms with van der Waals surface area (Å²) in [6.07, 6.45) is 1.29. The third-order valence-electron chi connectivity index (χ3n) is 4.02. The number of halogens is 1. The van der Waals surface area contributed by atoms with Crippen molar-refractivity contribution in [3.05, 3.63) is 46.7 Å². The number of hydrogen-bond donors (Lipinski definition) is 0. The molecular formula is C17H21ClN4O4S2. The molecule has 1 aliphatic heterocycles. The van der Waals surface area contributed by atoms with Gasteiger partial charge in [0.15, 0.2) is 0 Å². The van der Waals surface area contributed by atoms with Crippen molar-refractivity contribution >= 4 is 37.3 Å². The van der Waals surface area contributed by atoms with Crippen LogP contribution in [-0.2, 0) is 30.2 Å². The number of morpholine rings is 1. The molecule has 1 aromatic heterocycles. The highest BCUT2D eigenvalue weighted by atomic mass is 35.5. The van der Waals surface area contributed by atoms with Gasteiger partial charge in [0.05, 0.1) is 39.3 Å². The van der Waals surface area contributed by atoms with Crippen LogP contribution in [0.15, 0.2) is 39.0 Å². The summed E-state index contributed by atoms with van der Waals surface area (Å²) in [4.78, 5) is 10.5. The molecule has 8 nitrogen and oxygen atoms in total. The summed E-state index contributed by atoms with van der Waals surface area (Å²) >= 11 is 6.09. The normalized spacial score (nSPS) is 17.2. The van der Waals surface area contributed by atoms with Gasteiger partial charge in [0.1, 0.15) is 5.15 Å². The fraction of sp³-hybridized carbons (Fsp3) is 0.412. The van der Waals surface area contributed by atoms with Gasteiger partial charge < -0.3 is 9.64 Å². The van der Waals surface area contributed by atoms with Crippen molar-refractivity contribution in [3.8, 4) is 0 Å². The fourth-order valence-electron chi connectivity index (χ4n) is 2.69. The van der Waals surface area contributed by atoms with Gasteiger partial charge in [-0.25, -0.2) is 14.2 Å². The van der Waals surface area contributed by atoms with Crippen molar-refractivity contribution in [2.24, 2.45) is 3.77 Å². The first-order valence-corrected chi connectivity index (χ1v) is 12.4. The second-order valence-electron chi connectivity index (χ2n) is 6.55. The number of benzene rings is 1. The standard InChI is InChI=1S/C17H21ClN4O4S2/c1-13-3-5-15(6-4-13)28(24,25)21-27(2,23)12-14-11-16(18)20-17(19-14)22-7-9-26-10-8-22/h3-6,11H,7-10,12H2,1-2H3. The van der Waals surface area contributed by atoms with Crippen LogP contribution in [0, 0.1) is 6.92 Å². The molecule has 0 amide bonds.